The number of fused-ring (bicyclic) bond motifs is 3. The Morgan fingerprint density at radius 3 is 2.81 bits per heavy atom. The molecule has 0 unspecified atom stereocenters. The molecule has 3 atom stereocenters. The highest BCUT2D eigenvalue weighted by Gasteiger charge is 2.35. The van der Waals surface area contributed by atoms with Crippen molar-refractivity contribution in [2.75, 3.05) is 13.7 Å². The Morgan fingerprint density at radius 1 is 1.19 bits per heavy atom. The zero-order valence-electron chi connectivity index (χ0n) is 17.5. The van der Waals surface area contributed by atoms with Gasteiger partial charge in [-0.2, -0.15) is 5.10 Å². The minimum absolute atomic E-state index is 0.0421. The van der Waals surface area contributed by atoms with Gasteiger partial charge in [-0.3, -0.25) is 4.99 Å². The summed E-state index contributed by atoms with van der Waals surface area (Å²) in [5, 5.41) is 14.5. The molecule has 3 heterocycles. The molecule has 3 aromatic rings. The van der Waals surface area contributed by atoms with E-state index in [2.05, 4.69) is 10.1 Å². The van der Waals surface area contributed by atoms with Gasteiger partial charge in [-0.05, 0) is 49.2 Å². The van der Waals surface area contributed by atoms with Crippen LogP contribution in [0.15, 0.2) is 66.1 Å². The van der Waals surface area contributed by atoms with Crippen LogP contribution in [0.2, 0.25) is 0 Å². The molecule has 31 heavy (non-hydrogen) atoms. The summed E-state index contributed by atoms with van der Waals surface area (Å²) in [5.41, 5.74) is 3.87. The summed E-state index contributed by atoms with van der Waals surface area (Å²) in [4.78, 5) is 9.63. The second-order valence-corrected chi connectivity index (χ2v) is 7.64. The first-order chi connectivity index (χ1) is 15.2. The maximum absolute atomic E-state index is 10.2. The fourth-order valence-corrected chi connectivity index (χ4v) is 4.33. The molecule has 0 saturated heterocycles. The van der Waals surface area contributed by atoms with Crippen molar-refractivity contribution in [2.24, 2.45) is 4.99 Å². The molecule has 7 nitrogen and oxygen atoms in total. The highest BCUT2D eigenvalue weighted by atomic mass is 16.5. The minimum atomic E-state index is -0.474. The second kappa shape index (κ2) is 8.00. The fraction of sp³-hybridized carbons (Fsp3) is 0.292. The van der Waals surface area contributed by atoms with E-state index in [4.69, 9.17) is 14.5 Å². The van der Waals surface area contributed by atoms with Gasteiger partial charge in [0.2, 0.25) is 0 Å². The number of ether oxygens (including phenoxy) is 2. The number of nitrogens with zero attached hydrogens (tertiary/aromatic N) is 4. The predicted octanol–water partition coefficient (Wildman–Crippen LogP) is 3.30. The summed E-state index contributed by atoms with van der Waals surface area (Å²) in [7, 11) is 1.64. The molecule has 0 fully saturated rings. The number of benzene rings is 1. The maximum atomic E-state index is 10.2. The van der Waals surface area contributed by atoms with Gasteiger partial charge in [0.1, 0.15) is 0 Å². The van der Waals surface area contributed by atoms with Crippen LogP contribution >= 0.6 is 0 Å². The lowest BCUT2D eigenvalue weighted by Crippen LogP contribution is -2.31. The maximum Gasteiger partial charge on any atom is 0.161 e. The number of aromatic nitrogens is 3. The quantitative estimate of drug-likeness (QED) is 0.646. The number of pyridine rings is 1. The Hall–Kier alpha value is -3.45. The average molecular weight is 416 g/mol. The summed E-state index contributed by atoms with van der Waals surface area (Å²) in [6.45, 7) is 2.50. The molecular formula is C24H24N4O3. The van der Waals surface area contributed by atoms with Crippen LogP contribution in [0.1, 0.15) is 36.0 Å². The van der Waals surface area contributed by atoms with Crippen LogP contribution in [-0.2, 0) is 0 Å². The van der Waals surface area contributed by atoms with Crippen LogP contribution in [-0.4, -0.2) is 51.4 Å². The van der Waals surface area contributed by atoms with Gasteiger partial charge < -0.3 is 14.6 Å². The smallest absolute Gasteiger partial charge is 0.161 e. The molecule has 1 aromatic carbocycles. The van der Waals surface area contributed by atoms with Gasteiger partial charge in [0.05, 0.1) is 31.6 Å². The molecule has 1 N–H and O–H groups in total. The Labute approximate surface area is 180 Å². The van der Waals surface area contributed by atoms with Crippen LogP contribution in [0.4, 0.5) is 0 Å². The number of aliphatic imine (C=N–C) groups is 1. The van der Waals surface area contributed by atoms with Crippen molar-refractivity contribution in [1.82, 2.24) is 14.8 Å². The second-order valence-electron chi connectivity index (χ2n) is 7.64. The summed E-state index contributed by atoms with van der Waals surface area (Å²) in [5.74, 6) is 2.20. The van der Waals surface area contributed by atoms with Crippen LogP contribution in [0, 0.1) is 0 Å². The molecule has 0 bridgehead atoms. The monoisotopic (exact) mass is 416 g/mol. The van der Waals surface area contributed by atoms with Gasteiger partial charge in [-0.1, -0.05) is 12.2 Å². The van der Waals surface area contributed by atoms with Gasteiger partial charge in [-0.15, -0.1) is 0 Å². The van der Waals surface area contributed by atoms with Gasteiger partial charge in [0, 0.05) is 35.6 Å². The average Bonchev–Trinajstić information content (AvgIpc) is 3.34. The van der Waals surface area contributed by atoms with Gasteiger partial charge in [0.15, 0.2) is 17.3 Å². The number of hydrogen-bond acceptors (Lipinski definition) is 6. The summed E-state index contributed by atoms with van der Waals surface area (Å²) in [6, 6.07) is 9.80. The molecule has 1 aliphatic carbocycles. The predicted molar refractivity (Wildman–Crippen MR) is 117 cm³/mol. The number of methoxy groups -OCH3 is 1. The number of rotatable bonds is 5. The highest BCUT2D eigenvalue weighted by molar-refractivity contribution is 6.15. The number of aliphatic hydroxyl groups is 1. The lowest BCUT2D eigenvalue weighted by molar-refractivity contribution is 0.190. The van der Waals surface area contributed by atoms with E-state index < -0.39 is 6.10 Å². The first kappa shape index (κ1) is 19.5. The van der Waals surface area contributed by atoms with Gasteiger partial charge in [0.25, 0.3) is 0 Å². The fourth-order valence-electron chi connectivity index (χ4n) is 4.33. The molecule has 0 saturated carbocycles. The first-order valence-electron chi connectivity index (χ1n) is 10.4. The van der Waals surface area contributed by atoms with Crippen molar-refractivity contribution in [1.29, 1.82) is 0 Å². The van der Waals surface area contributed by atoms with E-state index in [1.54, 1.807) is 18.0 Å². The van der Waals surface area contributed by atoms with E-state index in [-0.39, 0.29) is 12.0 Å². The molecular weight excluding hydrogens is 392 g/mol. The topological polar surface area (TPSA) is 81.8 Å². The van der Waals surface area contributed by atoms with Crippen molar-refractivity contribution >= 4 is 5.71 Å². The van der Waals surface area contributed by atoms with Crippen molar-refractivity contribution in [3.63, 3.8) is 0 Å². The SMILES string of the molecule is CCOc1cc2c(cc1OC)C(c1ccc(-n3cccn3)nc1)=N[C@@H]1C=C[C@H](O)C[C@H]21. The van der Waals surface area contributed by atoms with Crippen LogP contribution in [0.5, 0.6) is 11.5 Å². The first-order valence-corrected chi connectivity index (χ1v) is 10.4. The summed E-state index contributed by atoms with van der Waals surface area (Å²) in [6.07, 6.45) is 9.39. The van der Waals surface area contributed by atoms with Crippen molar-refractivity contribution in [3.05, 3.63) is 77.8 Å². The molecule has 5 rings (SSSR count). The van der Waals surface area contributed by atoms with E-state index in [9.17, 15) is 5.11 Å². The van der Waals surface area contributed by atoms with E-state index in [1.807, 2.05) is 61.8 Å². The van der Waals surface area contributed by atoms with Crippen LogP contribution < -0.4 is 9.47 Å². The minimum Gasteiger partial charge on any atom is -0.493 e. The van der Waals surface area contributed by atoms with Crippen molar-refractivity contribution < 1.29 is 14.6 Å². The Kier molecular flexibility index (Phi) is 5.03. The lowest BCUT2D eigenvalue weighted by atomic mass is 9.77. The van der Waals surface area contributed by atoms with E-state index >= 15 is 0 Å². The van der Waals surface area contributed by atoms with E-state index in [1.165, 1.54) is 0 Å². The molecule has 2 aliphatic rings. The Morgan fingerprint density at radius 2 is 2.10 bits per heavy atom. The molecule has 7 heteroatoms. The van der Waals surface area contributed by atoms with E-state index in [0.717, 1.165) is 28.2 Å². The Balaban J connectivity index is 1.63. The third-order valence-corrected chi connectivity index (χ3v) is 5.77. The highest BCUT2D eigenvalue weighted by Crippen LogP contribution is 2.43. The van der Waals surface area contributed by atoms with Crippen LogP contribution in [0.3, 0.4) is 0 Å². The number of hydrogen-bond donors (Lipinski definition) is 1. The molecule has 1 aliphatic heterocycles. The van der Waals surface area contributed by atoms with E-state index in [0.29, 0.717) is 24.5 Å². The lowest BCUT2D eigenvalue weighted by Gasteiger charge is -2.34. The van der Waals surface area contributed by atoms with Crippen molar-refractivity contribution in [3.8, 4) is 17.3 Å². The normalized spacial score (nSPS) is 21.8. The molecule has 0 amide bonds. The van der Waals surface area contributed by atoms with Crippen LogP contribution in [0.25, 0.3) is 5.82 Å². The third-order valence-electron chi connectivity index (χ3n) is 5.77. The van der Waals surface area contributed by atoms with Gasteiger partial charge >= 0.3 is 0 Å². The third kappa shape index (κ3) is 3.51. The zero-order valence-corrected chi connectivity index (χ0v) is 17.5. The molecule has 0 radical (unpaired) electrons. The van der Waals surface area contributed by atoms with Crippen molar-refractivity contribution in [2.45, 2.75) is 31.4 Å². The van der Waals surface area contributed by atoms with Gasteiger partial charge in [-0.25, -0.2) is 9.67 Å². The largest absolute Gasteiger partial charge is 0.493 e. The Bertz CT molecular complexity index is 1140. The molecule has 158 valence electrons. The zero-order chi connectivity index (χ0) is 21.4. The summed E-state index contributed by atoms with van der Waals surface area (Å²) >= 11 is 0. The number of aliphatic hydroxyl groups excluding tert-OH is 1. The molecule has 2 aromatic heterocycles. The standard InChI is InChI=1S/C24H24N4O3/c1-3-31-22-12-17-18-11-16(29)6-7-20(18)27-24(19(17)13-21(22)30-2)15-5-8-23(25-14-15)28-10-4-9-26-28/h4-10,12-14,16,18,20,29H,3,11H2,1-2H3/t16-,18+,20+/m0/s1. The summed E-state index contributed by atoms with van der Waals surface area (Å²) < 4.78 is 13.2. The molecule has 0 spiro atoms.